The standard InChI is InChI=1S/C26H29NO4/c1-17-9-5-6-10-20(17)22-16-24(28)31-23-15-19(11-12-21(22)23)30-18(2)25(29)27-14-8-7-13-26(27,3)4/h5-6,9-12,15-16,18H,7-8,13-14H2,1-4H3. The third kappa shape index (κ3) is 4.22. The first-order valence-corrected chi connectivity index (χ1v) is 10.9. The summed E-state index contributed by atoms with van der Waals surface area (Å²) in [6.07, 6.45) is 2.53. The summed E-state index contributed by atoms with van der Waals surface area (Å²) < 4.78 is 11.5. The molecule has 0 aliphatic carbocycles. The van der Waals surface area contributed by atoms with E-state index in [1.165, 1.54) is 6.07 Å². The molecule has 2 aromatic carbocycles. The van der Waals surface area contributed by atoms with Crippen molar-refractivity contribution in [3.05, 3.63) is 64.5 Å². The van der Waals surface area contributed by atoms with Gasteiger partial charge >= 0.3 is 5.63 Å². The third-order valence-electron chi connectivity index (χ3n) is 6.23. The Hall–Kier alpha value is -3.08. The quantitative estimate of drug-likeness (QED) is 0.537. The van der Waals surface area contributed by atoms with Gasteiger partial charge in [0.1, 0.15) is 11.3 Å². The molecular weight excluding hydrogens is 390 g/mol. The SMILES string of the molecule is Cc1ccccc1-c1cc(=O)oc2cc(OC(C)C(=O)N3CCCCC3(C)C)ccc12. The van der Waals surface area contributed by atoms with E-state index in [1.807, 2.05) is 48.2 Å². The van der Waals surface area contributed by atoms with E-state index in [9.17, 15) is 9.59 Å². The number of carbonyl (C=O) groups excluding carboxylic acids is 1. The molecule has 5 heteroatoms. The lowest BCUT2D eigenvalue weighted by molar-refractivity contribution is -0.145. The number of rotatable bonds is 4. The van der Waals surface area contributed by atoms with Crippen molar-refractivity contribution in [1.29, 1.82) is 0 Å². The number of aryl methyl sites for hydroxylation is 1. The summed E-state index contributed by atoms with van der Waals surface area (Å²) in [7, 11) is 0. The fourth-order valence-corrected chi connectivity index (χ4v) is 4.46. The van der Waals surface area contributed by atoms with Crippen molar-refractivity contribution < 1.29 is 13.9 Å². The second-order valence-corrected chi connectivity index (χ2v) is 8.97. The number of fused-ring (bicyclic) bond motifs is 1. The van der Waals surface area contributed by atoms with Crippen molar-refractivity contribution in [2.45, 2.75) is 58.6 Å². The van der Waals surface area contributed by atoms with Crippen LogP contribution in [-0.2, 0) is 4.79 Å². The maximum atomic E-state index is 13.0. The minimum atomic E-state index is -0.624. The molecule has 1 amide bonds. The molecule has 4 rings (SSSR count). The van der Waals surface area contributed by atoms with Gasteiger partial charge in [0.15, 0.2) is 6.10 Å². The fraction of sp³-hybridized carbons (Fsp3) is 0.385. The maximum absolute atomic E-state index is 13.0. The zero-order chi connectivity index (χ0) is 22.2. The summed E-state index contributed by atoms with van der Waals surface area (Å²) in [6.45, 7) is 8.76. The highest BCUT2D eigenvalue weighted by Crippen LogP contribution is 2.32. The van der Waals surface area contributed by atoms with Gasteiger partial charge in [-0.05, 0) is 70.2 Å². The average molecular weight is 420 g/mol. The minimum Gasteiger partial charge on any atom is -0.481 e. The third-order valence-corrected chi connectivity index (χ3v) is 6.23. The summed E-state index contributed by atoms with van der Waals surface area (Å²) in [5.41, 5.74) is 2.77. The lowest BCUT2D eigenvalue weighted by atomic mass is 9.90. The van der Waals surface area contributed by atoms with Crippen molar-refractivity contribution in [3.63, 3.8) is 0 Å². The van der Waals surface area contributed by atoms with Gasteiger partial charge in [-0.1, -0.05) is 24.3 Å². The van der Waals surface area contributed by atoms with E-state index in [-0.39, 0.29) is 11.4 Å². The van der Waals surface area contributed by atoms with Crippen LogP contribution in [0, 0.1) is 6.92 Å². The Morgan fingerprint density at radius 2 is 1.87 bits per heavy atom. The monoisotopic (exact) mass is 419 g/mol. The molecule has 31 heavy (non-hydrogen) atoms. The van der Waals surface area contributed by atoms with Crippen molar-refractivity contribution in [1.82, 2.24) is 4.90 Å². The van der Waals surface area contributed by atoms with Crippen LogP contribution in [0.25, 0.3) is 22.1 Å². The molecule has 1 aliphatic rings. The van der Waals surface area contributed by atoms with Gasteiger partial charge in [0.2, 0.25) is 0 Å². The molecule has 5 nitrogen and oxygen atoms in total. The predicted molar refractivity (Wildman–Crippen MR) is 122 cm³/mol. The Labute approximate surface area is 182 Å². The first-order chi connectivity index (χ1) is 14.8. The normalized spacial score (nSPS) is 16.8. The molecule has 0 radical (unpaired) electrons. The van der Waals surface area contributed by atoms with Crippen LogP contribution in [0.4, 0.5) is 0 Å². The predicted octanol–water partition coefficient (Wildman–Crippen LogP) is 5.33. The van der Waals surface area contributed by atoms with Crippen LogP contribution in [0.1, 0.15) is 45.6 Å². The number of ether oxygens (including phenoxy) is 1. The molecule has 0 bridgehead atoms. The first kappa shape index (κ1) is 21.2. The summed E-state index contributed by atoms with van der Waals surface area (Å²) in [6, 6.07) is 14.9. The summed E-state index contributed by atoms with van der Waals surface area (Å²) in [5, 5.41) is 0.831. The lowest BCUT2D eigenvalue weighted by Crippen LogP contribution is -2.54. The van der Waals surface area contributed by atoms with Crippen molar-refractivity contribution in [2.75, 3.05) is 6.54 Å². The van der Waals surface area contributed by atoms with Crippen LogP contribution in [-0.4, -0.2) is 29.0 Å². The van der Waals surface area contributed by atoms with Gasteiger partial charge in [-0.15, -0.1) is 0 Å². The molecule has 2 heterocycles. The molecule has 1 unspecified atom stereocenters. The summed E-state index contributed by atoms with van der Waals surface area (Å²) in [5.74, 6) is 0.494. The number of likely N-dealkylation sites (tertiary alicyclic amines) is 1. The molecule has 162 valence electrons. The summed E-state index contributed by atoms with van der Waals surface area (Å²) in [4.78, 5) is 27.2. The van der Waals surface area contributed by atoms with E-state index in [4.69, 9.17) is 9.15 Å². The average Bonchev–Trinajstić information content (AvgIpc) is 2.72. The molecule has 1 aromatic heterocycles. The number of amides is 1. The Bertz CT molecular complexity index is 1180. The smallest absolute Gasteiger partial charge is 0.336 e. The highest BCUT2D eigenvalue weighted by molar-refractivity contribution is 5.94. The highest BCUT2D eigenvalue weighted by atomic mass is 16.5. The van der Waals surface area contributed by atoms with Crippen LogP contribution in [0.5, 0.6) is 5.75 Å². The molecule has 1 aliphatic heterocycles. The van der Waals surface area contributed by atoms with E-state index >= 15 is 0 Å². The molecule has 0 saturated carbocycles. The zero-order valence-corrected chi connectivity index (χ0v) is 18.6. The van der Waals surface area contributed by atoms with Gasteiger partial charge < -0.3 is 14.1 Å². The fourth-order valence-electron chi connectivity index (χ4n) is 4.46. The van der Waals surface area contributed by atoms with Crippen molar-refractivity contribution >= 4 is 16.9 Å². The van der Waals surface area contributed by atoms with Gasteiger partial charge in [-0.2, -0.15) is 0 Å². The van der Waals surface area contributed by atoms with E-state index < -0.39 is 11.7 Å². The van der Waals surface area contributed by atoms with Crippen LogP contribution in [0.2, 0.25) is 0 Å². The van der Waals surface area contributed by atoms with Crippen LogP contribution in [0.3, 0.4) is 0 Å². The van der Waals surface area contributed by atoms with Gasteiger partial charge in [0.25, 0.3) is 5.91 Å². The number of hydrogen-bond acceptors (Lipinski definition) is 4. The van der Waals surface area contributed by atoms with Crippen LogP contribution >= 0.6 is 0 Å². The Morgan fingerprint density at radius 1 is 1.10 bits per heavy atom. The lowest BCUT2D eigenvalue weighted by Gasteiger charge is -2.43. The zero-order valence-electron chi connectivity index (χ0n) is 18.6. The van der Waals surface area contributed by atoms with Gasteiger partial charge in [0.05, 0.1) is 0 Å². The van der Waals surface area contributed by atoms with E-state index in [0.717, 1.165) is 47.9 Å². The van der Waals surface area contributed by atoms with Crippen molar-refractivity contribution in [2.24, 2.45) is 0 Å². The summed E-state index contributed by atoms with van der Waals surface area (Å²) >= 11 is 0. The first-order valence-electron chi connectivity index (χ1n) is 10.9. The second-order valence-electron chi connectivity index (χ2n) is 8.97. The maximum Gasteiger partial charge on any atom is 0.336 e. The second kappa shape index (κ2) is 8.22. The molecule has 0 N–H and O–H groups in total. The minimum absolute atomic E-state index is 0.0140. The van der Waals surface area contributed by atoms with Gasteiger partial charge in [-0.3, -0.25) is 4.79 Å². The highest BCUT2D eigenvalue weighted by Gasteiger charge is 2.35. The molecule has 1 saturated heterocycles. The van der Waals surface area contributed by atoms with Gasteiger partial charge in [-0.25, -0.2) is 4.79 Å². The van der Waals surface area contributed by atoms with E-state index in [0.29, 0.717) is 11.3 Å². The van der Waals surface area contributed by atoms with Gasteiger partial charge in [0, 0.05) is 35.2 Å². The topological polar surface area (TPSA) is 59.8 Å². The Morgan fingerprint density at radius 3 is 2.61 bits per heavy atom. The number of nitrogens with zero attached hydrogens (tertiary/aromatic N) is 1. The van der Waals surface area contributed by atoms with Crippen LogP contribution in [0.15, 0.2) is 57.7 Å². The molecule has 1 fully saturated rings. The number of hydrogen-bond donors (Lipinski definition) is 0. The largest absolute Gasteiger partial charge is 0.481 e. The molecule has 1 atom stereocenters. The molecular formula is C26H29NO4. The number of benzene rings is 2. The Kier molecular flexibility index (Phi) is 5.61. The van der Waals surface area contributed by atoms with E-state index in [1.54, 1.807) is 13.0 Å². The van der Waals surface area contributed by atoms with E-state index in [2.05, 4.69) is 13.8 Å². The number of piperidine rings is 1. The molecule has 3 aromatic rings. The molecule has 0 spiro atoms. The van der Waals surface area contributed by atoms with Crippen molar-refractivity contribution in [3.8, 4) is 16.9 Å². The number of carbonyl (C=O) groups is 1. The Balaban J connectivity index is 1.63. The van der Waals surface area contributed by atoms with Crippen LogP contribution < -0.4 is 10.4 Å².